The van der Waals surface area contributed by atoms with Gasteiger partial charge in [-0.3, -0.25) is 4.79 Å². The van der Waals surface area contributed by atoms with Gasteiger partial charge in [-0.2, -0.15) is 13.2 Å². The van der Waals surface area contributed by atoms with Crippen LogP contribution in [0.2, 0.25) is 4.34 Å². The van der Waals surface area contributed by atoms with Gasteiger partial charge in [0, 0.05) is 17.3 Å². The Morgan fingerprint density at radius 3 is 2.47 bits per heavy atom. The second-order valence-corrected chi connectivity index (χ2v) is 8.80. The number of hydrogen-bond donors (Lipinski definition) is 0. The summed E-state index contributed by atoms with van der Waals surface area (Å²) in [5, 5.41) is 0. The molecule has 2 heterocycles. The van der Waals surface area contributed by atoms with Gasteiger partial charge in [-0.25, -0.2) is 0 Å². The first kappa shape index (κ1) is 20.7. The van der Waals surface area contributed by atoms with Crippen LogP contribution in [0.3, 0.4) is 0 Å². The van der Waals surface area contributed by atoms with Gasteiger partial charge in [0.25, 0.3) is 0 Å². The van der Waals surface area contributed by atoms with Gasteiger partial charge in [0.1, 0.15) is 0 Å². The molecule has 154 valence electrons. The summed E-state index contributed by atoms with van der Waals surface area (Å²) in [6, 6.07) is 14.5. The number of rotatable bonds is 3. The molecule has 0 aliphatic carbocycles. The van der Waals surface area contributed by atoms with Crippen molar-refractivity contribution in [1.82, 2.24) is 4.90 Å². The first-order valence-corrected chi connectivity index (χ1v) is 10.4. The van der Waals surface area contributed by atoms with Crippen molar-refractivity contribution < 1.29 is 18.0 Å². The van der Waals surface area contributed by atoms with E-state index >= 15 is 0 Å². The van der Waals surface area contributed by atoms with Gasteiger partial charge in [-0.05, 0) is 40.5 Å². The molecule has 0 unspecified atom stereocenters. The highest BCUT2D eigenvalue weighted by atomic mass is 35.5. The van der Waals surface area contributed by atoms with Crippen LogP contribution in [0.15, 0.2) is 67.3 Å². The number of nitrogens with zero attached hydrogens (tertiary/aromatic N) is 1. The van der Waals surface area contributed by atoms with Crippen molar-refractivity contribution in [3.63, 3.8) is 0 Å². The number of hydrogen-bond acceptors (Lipinski definition) is 2. The minimum absolute atomic E-state index is 0.121. The van der Waals surface area contributed by atoms with E-state index in [9.17, 15) is 18.0 Å². The summed E-state index contributed by atoms with van der Waals surface area (Å²) < 4.78 is 41.6. The Hall–Kier alpha value is -2.57. The van der Waals surface area contributed by atoms with Gasteiger partial charge in [0.2, 0.25) is 5.91 Å². The predicted molar refractivity (Wildman–Crippen MR) is 114 cm³/mol. The Balaban J connectivity index is 1.89. The lowest BCUT2D eigenvalue weighted by atomic mass is 9.83. The molecule has 7 heteroatoms. The van der Waals surface area contributed by atoms with E-state index in [4.69, 9.17) is 11.6 Å². The number of thiophene rings is 1. The third-order valence-electron chi connectivity index (χ3n) is 5.27. The maximum atomic E-state index is 13.7. The molecule has 4 rings (SSSR count). The van der Waals surface area contributed by atoms with Crippen molar-refractivity contribution in [2.75, 3.05) is 6.54 Å². The van der Waals surface area contributed by atoms with Gasteiger partial charge < -0.3 is 4.90 Å². The lowest BCUT2D eigenvalue weighted by Gasteiger charge is -2.33. The van der Waals surface area contributed by atoms with Gasteiger partial charge in [0.15, 0.2) is 0 Å². The maximum absolute atomic E-state index is 13.7. The Labute approximate surface area is 181 Å². The molecular formula is C23H17ClF3NOS. The molecule has 0 fully saturated rings. The highest BCUT2D eigenvalue weighted by molar-refractivity contribution is 7.16. The molecule has 1 amide bonds. The summed E-state index contributed by atoms with van der Waals surface area (Å²) in [6.07, 6.45) is -3.22. The molecule has 2 nitrogen and oxygen atoms in total. The Morgan fingerprint density at radius 1 is 1.10 bits per heavy atom. The minimum Gasteiger partial charge on any atom is -0.333 e. The molecule has 1 aliphatic rings. The second kappa shape index (κ2) is 7.93. The number of amides is 1. The van der Waals surface area contributed by atoms with Crippen LogP contribution in [0.5, 0.6) is 0 Å². The molecule has 0 radical (unpaired) electrons. The Bertz CT molecular complexity index is 1120. The molecule has 0 N–H and O–H groups in total. The number of fused-ring (bicyclic) bond motifs is 1. The van der Waals surface area contributed by atoms with E-state index in [1.807, 2.05) is 12.1 Å². The summed E-state index contributed by atoms with van der Waals surface area (Å²) in [6.45, 7) is 4.32. The standard InChI is InChI=1S/C23H17ClF3NOS/c1-2-22(29)28-12-18(17-11-21(24)30-20(17)13-28)15-8-4-3-7-14(15)16-9-5-6-10-19(16)23(25,26)27/h2-11,18H,1,12-13H2/t18-/m0/s1. The Kier molecular flexibility index (Phi) is 5.47. The summed E-state index contributed by atoms with van der Waals surface area (Å²) in [5.41, 5.74) is 1.62. The average molecular weight is 448 g/mol. The molecule has 0 saturated heterocycles. The van der Waals surface area contributed by atoms with Crippen LogP contribution in [-0.2, 0) is 17.5 Å². The summed E-state index contributed by atoms with van der Waals surface area (Å²) >= 11 is 7.64. The topological polar surface area (TPSA) is 20.3 Å². The third kappa shape index (κ3) is 3.77. The molecule has 30 heavy (non-hydrogen) atoms. The molecule has 0 saturated carbocycles. The normalized spacial score (nSPS) is 16.3. The zero-order valence-corrected chi connectivity index (χ0v) is 17.3. The number of benzene rings is 2. The monoisotopic (exact) mass is 447 g/mol. The summed E-state index contributed by atoms with van der Waals surface area (Å²) in [5.74, 6) is -0.512. The van der Waals surface area contributed by atoms with Crippen molar-refractivity contribution in [1.29, 1.82) is 0 Å². The van der Waals surface area contributed by atoms with Crippen molar-refractivity contribution in [2.45, 2.75) is 18.6 Å². The quantitative estimate of drug-likeness (QED) is 0.407. The van der Waals surface area contributed by atoms with Crippen LogP contribution in [0.1, 0.15) is 27.5 Å². The fraction of sp³-hybridized carbons (Fsp3) is 0.174. The number of alkyl halides is 3. The minimum atomic E-state index is -4.47. The Morgan fingerprint density at radius 2 is 1.77 bits per heavy atom. The molecule has 0 spiro atoms. The molecule has 1 atom stereocenters. The van der Waals surface area contributed by atoms with E-state index in [1.54, 1.807) is 29.2 Å². The first-order valence-electron chi connectivity index (χ1n) is 9.24. The zero-order valence-electron chi connectivity index (χ0n) is 15.7. The number of carbonyl (C=O) groups is 1. The van der Waals surface area contributed by atoms with Gasteiger partial charge in [-0.15, -0.1) is 11.3 Å². The average Bonchev–Trinajstić information content (AvgIpc) is 3.12. The second-order valence-electron chi connectivity index (χ2n) is 7.04. The smallest absolute Gasteiger partial charge is 0.333 e. The van der Waals surface area contributed by atoms with Crippen LogP contribution in [0, 0.1) is 0 Å². The van der Waals surface area contributed by atoms with E-state index in [-0.39, 0.29) is 17.4 Å². The van der Waals surface area contributed by atoms with Crippen LogP contribution >= 0.6 is 22.9 Å². The van der Waals surface area contributed by atoms with E-state index < -0.39 is 11.7 Å². The van der Waals surface area contributed by atoms with Crippen molar-refractivity contribution in [3.8, 4) is 11.1 Å². The van der Waals surface area contributed by atoms with Crippen LogP contribution < -0.4 is 0 Å². The van der Waals surface area contributed by atoms with Crippen LogP contribution in [-0.4, -0.2) is 17.4 Å². The van der Waals surface area contributed by atoms with Crippen molar-refractivity contribution in [2.24, 2.45) is 0 Å². The fourth-order valence-corrected chi connectivity index (χ4v) is 5.32. The van der Waals surface area contributed by atoms with Gasteiger partial charge in [0.05, 0.1) is 16.4 Å². The van der Waals surface area contributed by atoms with E-state index in [0.29, 0.717) is 23.0 Å². The first-order chi connectivity index (χ1) is 14.3. The highest BCUT2D eigenvalue weighted by Gasteiger charge is 2.36. The zero-order chi connectivity index (χ0) is 21.5. The fourth-order valence-electron chi connectivity index (χ4n) is 3.96. The van der Waals surface area contributed by atoms with Gasteiger partial charge >= 0.3 is 6.18 Å². The summed E-state index contributed by atoms with van der Waals surface area (Å²) in [4.78, 5) is 14.9. The molecule has 2 aromatic carbocycles. The third-order valence-corrected chi connectivity index (χ3v) is 6.53. The predicted octanol–water partition coefficient (Wildman–Crippen LogP) is 6.75. The largest absolute Gasteiger partial charge is 0.417 e. The highest BCUT2D eigenvalue weighted by Crippen LogP contribution is 2.45. The molecule has 1 aromatic heterocycles. The van der Waals surface area contributed by atoms with E-state index in [0.717, 1.165) is 22.1 Å². The molecular weight excluding hydrogens is 431 g/mol. The van der Waals surface area contributed by atoms with Crippen LogP contribution in [0.4, 0.5) is 13.2 Å². The molecule has 0 bridgehead atoms. The maximum Gasteiger partial charge on any atom is 0.417 e. The summed E-state index contributed by atoms with van der Waals surface area (Å²) in [7, 11) is 0. The van der Waals surface area contributed by atoms with Gasteiger partial charge in [-0.1, -0.05) is 60.6 Å². The van der Waals surface area contributed by atoms with Crippen molar-refractivity contribution in [3.05, 3.63) is 93.2 Å². The number of carbonyl (C=O) groups excluding carboxylic acids is 1. The number of halogens is 4. The van der Waals surface area contributed by atoms with Crippen LogP contribution in [0.25, 0.3) is 11.1 Å². The van der Waals surface area contributed by atoms with E-state index in [1.165, 1.54) is 29.5 Å². The SMILES string of the molecule is C=CC(=O)N1Cc2sc(Cl)cc2[C@H](c2ccccc2-c2ccccc2C(F)(F)F)C1. The molecule has 3 aromatic rings. The molecule has 1 aliphatic heterocycles. The van der Waals surface area contributed by atoms with E-state index in [2.05, 4.69) is 6.58 Å². The lowest BCUT2D eigenvalue weighted by molar-refractivity contribution is -0.137. The lowest BCUT2D eigenvalue weighted by Crippen LogP contribution is -2.37. The van der Waals surface area contributed by atoms with Crippen molar-refractivity contribution >= 4 is 28.8 Å².